The van der Waals surface area contributed by atoms with E-state index >= 15 is 0 Å². The lowest BCUT2D eigenvalue weighted by atomic mass is 9.86. The SMILES string of the molecule is CN(C(=O)C=CCN1CCOCC1)[C@@H]1CCC[C@@H](N2CCNC(=O)C2)[C@@H]1O. The Morgan fingerprint density at radius 3 is 2.85 bits per heavy atom. The molecule has 8 heteroatoms. The summed E-state index contributed by atoms with van der Waals surface area (Å²) in [5, 5.41) is 13.7. The molecule has 3 fully saturated rings. The van der Waals surface area contributed by atoms with Crippen LogP contribution in [0.15, 0.2) is 12.2 Å². The smallest absolute Gasteiger partial charge is 0.246 e. The Bertz CT molecular complexity index is 550. The van der Waals surface area contributed by atoms with E-state index in [0.717, 1.165) is 58.7 Å². The second-order valence-electron chi connectivity index (χ2n) is 7.64. The lowest BCUT2D eigenvalue weighted by molar-refractivity contribution is -0.135. The third kappa shape index (κ3) is 5.28. The first-order valence-corrected chi connectivity index (χ1v) is 9.98. The number of rotatable bonds is 5. The van der Waals surface area contributed by atoms with Gasteiger partial charge in [-0.05, 0) is 19.3 Å². The summed E-state index contributed by atoms with van der Waals surface area (Å²) in [6.45, 7) is 5.69. The number of carbonyl (C=O) groups is 2. The van der Waals surface area contributed by atoms with Gasteiger partial charge in [-0.3, -0.25) is 19.4 Å². The van der Waals surface area contributed by atoms with E-state index in [1.165, 1.54) is 0 Å². The molecule has 3 atom stereocenters. The molecule has 3 rings (SSSR count). The predicted octanol–water partition coefficient (Wildman–Crippen LogP) is -0.953. The van der Waals surface area contributed by atoms with Crippen molar-refractivity contribution in [1.82, 2.24) is 20.0 Å². The van der Waals surface area contributed by atoms with Gasteiger partial charge in [0, 0.05) is 51.9 Å². The van der Waals surface area contributed by atoms with Crippen molar-refractivity contribution >= 4 is 11.8 Å². The molecule has 27 heavy (non-hydrogen) atoms. The highest BCUT2D eigenvalue weighted by Gasteiger charge is 2.39. The minimum absolute atomic E-state index is 0.00560. The molecule has 1 aliphatic carbocycles. The maximum absolute atomic E-state index is 12.6. The summed E-state index contributed by atoms with van der Waals surface area (Å²) in [5.41, 5.74) is 0. The number of nitrogens with zero attached hydrogens (tertiary/aromatic N) is 3. The number of aliphatic hydroxyl groups excluding tert-OH is 1. The zero-order valence-electron chi connectivity index (χ0n) is 16.2. The van der Waals surface area contributed by atoms with Crippen LogP contribution in [0.1, 0.15) is 19.3 Å². The van der Waals surface area contributed by atoms with E-state index in [2.05, 4.69) is 15.1 Å². The fraction of sp³-hybridized carbons (Fsp3) is 0.789. The van der Waals surface area contributed by atoms with Crippen LogP contribution in [0.3, 0.4) is 0 Å². The summed E-state index contributed by atoms with van der Waals surface area (Å²) < 4.78 is 5.33. The number of piperazine rings is 1. The lowest BCUT2D eigenvalue weighted by Crippen LogP contribution is -2.60. The second-order valence-corrected chi connectivity index (χ2v) is 7.64. The highest BCUT2D eigenvalue weighted by atomic mass is 16.5. The molecule has 1 saturated carbocycles. The summed E-state index contributed by atoms with van der Waals surface area (Å²) in [5.74, 6) is -0.0737. The Morgan fingerprint density at radius 2 is 2.11 bits per heavy atom. The van der Waals surface area contributed by atoms with Gasteiger partial charge in [-0.2, -0.15) is 0 Å². The monoisotopic (exact) mass is 380 g/mol. The number of carbonyl (C=O) groups excluding carboxylic acids is 2. The molecular formula is C19H32N4O4. The van der Waals surface area contributed by atoms with Gasteiger partial charge in [0.15, 0.2) is 0 Å². The van der Waals surface area contributed by atoms with Crippen LogP contribution < -0.4 is 5.32 Å². The van der Waals surface area contributed by atoms with Gasteiger partial charge in [-0.1, -0.05) is 6.08 Å². The number of nitrogens with one attached hydrogen (secondary N) is 1. The third-order valence-electron chi connectivity index (χ3n) is 5.90. The van der Waals surface area contributed by atoms with E-state index in [4.69, 9.17) is 4.74 Å². The summed E-state index contributed by atoms with van der Waals surface area (Å²) in [4.78, 5) is 30.2. The van der Waals surface area contributed by atoms with Gasteiger partial charge < -0.3 is 20.1 Å². The summed E-state index contributed by atoms with van der Waals surface area (Å²) in [7, 11) is 1.76. The molecule has 3 aliphatic rings. The molecule has 8 nitrogen and oxygen atoms in total. The Labute approximate surface area is 161 Å². The van der Waals surface area contributed by atoms with Crippen molar-refractivity contribution in [1.29, 1.82) is 0 Å². The first kappa shape index (κ1) is 20.3. The molecule has 2 saturated heterocycles. The average Bonchev–Trinajstić information content (AvgIpc) is 2.68. The summed E-state index contributed by atoms with van der Waals surface area (Å²) >= 11 is 0. The molecule has 2 heterocycles. The maximum Gasteiger partial charge on any atom is 0.246 e. The third-order valence-corrected chi connectivity index (χ3v) is 5.90. The molecule has 0 aromatic carbocycles. The van der Waals surface area contributed by atoms with Gasteiger partial charge >= 0.3 is 0 Å². The largest absolute Gasteiger partial charge is 0.389 e. The number of hydrogen-bond acceptors (Lipinski definition) is 6. The molecule has 2 amide bonds. The molecule has 0 aromatic heterocycles. The van der Waals surface area contributed by atoms with Crippen LogP contribution in [0.2, 0.25) is 0 Å². The highest BCUT2D eigenvalue weighted by Crippen LogP contribution is 2.27. The number of aliphatic hydroxyl groups is 1. The number of amides is 2. The number of morpholine rings is 1. The van der Waals surface area contributed by atoms with Crippen LogP contribution in [-0.2, 0) is 14.3 Å². The second kappa shape index (κ2) is 9.64. The van der Waals surface area contributed by atoms with Gasteiger partial charge in [-0.15, -0.1) is 0 Å². The highest BCUT2D eigenvalue weighted by molar-refractivity contribution is 5.87. The quantitative estimate of drug-likeness (QED) is 0.598. The van der Waals surface area contributed by atoms with Crippen molar-refractivity contribution in [3.8, 4) is 0 Å². The van der Waals surface area contributed by atoms with Crippen LogP contribution in [-0.4, -0.2) is 109 Å². The van der Waals surface area contributed by atoms with Crippen molar-refractivity contribution in [3.63, 3.8) is 0 Å². The van der Waals surface area contributed by atoms with Crippen molar-refractivity contribution < 1.29 is 19.4 Å². The molecule has 2 aliphatic heterocycles. The zero-order chi connectivity index (χ0) is 19.2. The Morgan fingerprint density at radius 1 is 1.33 bits per heavy atom. The van der Waals surface area contributed by atoms with Crippen molar-refractivity contribution in [3.05, 3.63) is 12.2 Å². The molecule has 2 N–H and O–H groups in total. The maximum atomic E-state index is 12.6. The molecule has 152 valence electrons. The van der Waals surface area contributed by atoms with Crippen LogP contribution in [0, 0.1) is 0 Å². The topological polar surface area (TPSA) is 85.4 Å². The molecule has 0 radical (unpaired) electrons. The average molecular weight is 380 g/mol. The standard InChI is InChI=1S/C19H32N4O4/c1-21(18(25)6-3-8-22-10-12-27-13-11-22)15-4-2-5-16(19(15)26)23-9-7-20-17(24)14-23/h3,6,15-16,19,26H,2,4-5,7-14H2,1H3,(H,20,24)/t15-,16-,19-/m1/s1. The Kier molecular flexibility index (Phi) is 7.23. The van der Waals surface area contributed by atoms with Crippen LogP contribution in [0.5, 0.6) is 0 Å². The fourth-order valence-electron chi connectivity index (χ4n) is 4.26. The van der Waals surface area contributed by atoms with E-state index in [1.807, 2.05) is 6.08 Å². The van der Waals surface area contributed by atoms with Crippen molar-refractivity contribution in [2.45, 2.75) is 37.5 Å². The normalized spacial score (nSPS) is 31.0. The van der Waals surface area contributed by atoms with E-state index < -0.39 is 6.10 Å². The Hall–Kier alpha value is -1.48. The van der Waals surface area contributed by atoms with Gasteiger partial charge in [0.1, 0.15) is 0 Å². The molecular weight excluding hydrogens is 348 g/mol. The van der Waals surface area contributed by atoms with Crippen LogP contribution in [0.4, 0.5) is 0 Å². The fourth-order valence-corrected chi connectivity index (χ4v) is 4.26. The van der Waals surface area contributed by atoms with Gasteiger partial charge in [0.05, 0.1) is 31.9 Å². The minimum atomic E-state index is -0.633. The number of hydrogen-bond donors (Lipinski definition) is 2. The number of likely N-dealkylation sites (N-methyl/N-ethyl adjacent to an activating group) is 1. The number of ether oxygens (including phenoxy) is 1. The van der Waals surface area contributed by atoms with Gasteiger partial charge in [0.2, 0.25) is 11.8 Å². The van der Waals surface area contributed by atoms with Gasteiger partial charge in [0.25, 0.3) is 0 Å². The van der Waals surface area contributed by atoms with Crippen molar-refractivity contribution in [2.24, 2.45) is 0 Å². The first-order chi connectivity index (χ1) is 13.1. The predicted molar refractivity (Wildman–Crippen MR) is 101 cm³/mol. The van der Waals surface area contributed by atoms with E-state index in [1.54, 1.807) is 18.0 Å². The summed E-state index contributed by atoms with van der Waals surface area (Å²) in [6, 6.07) is -0.281. The van der Waals surface area contributed by atoms with Gasteiger partial charge in [-0.25, -0.2) is 0 Å². The van der Waals surface area contributed by atoms with E-state index in [0.29, 0.717) is 13.1 Å². The lowest BCUT2D eigenvalue weighted by Gasteiger charge is -2.45. The zero-order valence-corrected chi connectivity index (χ0v) is 16.2. The Balaban J connectivity index is 1.53. The van der Waals surface area contributed by atoms with Crippen LogP contribution in [0.25, 0.3) is 0 Å². The van der Waals surface area contributed by atoms with E-state index in [-0.39, 0.29) is 23.9 Å². The first-order valence-electron chi connectivity index (χ1n) is 9.98. The minimum Gasteiger partial charge on any atom is -0.389 e. The molecule has 0 spiro atoms. The molecule has 0 unspecified atom stereocenters. The molecule has 0 bridgehead atoms. The van der Waals surface area contributed by atoms with E-state index in [9.17, 15) is 14.7 Å². The van der Waals surface area contributed by atoms with Crippen LogP contribution >= 0.6 is 0 Å². The van der Waals surface area contributed by atoms with Crippen molar-refractivity contribution in [2.75, 3.05) is 59.5 Å². The molecule has 0 aromatic rings. The summed E-state index contributed by atoms with van der Waals surface area (Å²) in [6.07, 6.45) is 5.47.